The van der Waals surface area contributed by atoms with Gasteiger partial charge in [0.05, 0.1) is 6.54 Å². The third kappa shape index (κ3) is 6.18. The van der Waals surface area contributed by atoms with E-state index in [1.54, 1.807) is 12.1 Å². The number of halogens is 1. The SMILES string of the molecule is CCNC(=NCc1ccc(O)cc1)NC1CCN(C(=O)CC)C1.I. The van der Waals surface area contributed by atoms with E-state index in [2.05, 4.69) is 15.6 Å². The number of benzene rings is 1. The molecular weight excluding hydrogens is 419 g/mol. The number of aromatic hydroxyl groups is 1. The van der Waals surface area contributed by atoms with E-state index in [0.717, 1.165) is 37.6 Å². The normalized spacial score (nSPS) is 17.3. The van der Waals surface area contributed by atoms with Crippen molar-refractivity contribution in [1.82, 2.24) is 15.5 Å². The van der Waals surface area contributed by atoms with Crippen molar-refractivity contribution in [3.05, 3.63) is 29.8 Å². The van der Waals surface area contributed by atoms with Crippen LogP contribution in [0.15, 0.2) is 29.3 Å². The highest BCUT2D eigenvalue weighted by Gasteiger charge is 2.25. The molecular formula is C17H27IN4O2. The van der Waals surface area contributed by atoms with Gasteiger partial charge in [-0.25, -0.2) is 4.99 Å². The van der Waals surface area contributed by atoms with Crippen LogP contribution in [0.3, 0.4) is 0 Å². The summed E-state index contributed by atoms with van der Waals surface area (Å²) in [6.45, 7) is 6.79. The fourth-order valence-corrected chi connectivity index (χ4v) is 2.61. The average molecular weight is 446 g/mol. The summed E-state index contributed by atoms with van der Waals surface area (Å²) in [6.07, 6.45) is 1.50. The van der Waals surface area contributed by atoms with Crippen LogP contribution in [-0.4, -0.2) is 47.5 Å². The zero-order chi connectivity index (χ0) is 16.7. The Labute approximate surface area is 160 Å². The molecule has 1 unspecified atom stereocenters. The van der Waals surface area contributed by atoms with Gasteiger partial charge in [0.15, 0.2) is 5.96 Å². The maximum atomic E-state index is 11.7. The van der Waals surface area contributed by atoms with Gasteiger partial charge in [0.1, 0.15) is 5.75 Å². The van der Waals surface area contributed by atoms with Crippen LogP contribution in [0.1, 0.15) is 32.3 Å². The molecule has 0 saturated carbocycles. The predicted molar refractivity (Wildman–Crippen MR) is 107 cm³/mol. The van der Waals surface area contributed by atoms with Gasteiger partial charge in [-0.1, -0.05) is 19.1 Å². The average Bonchev–Trinajstić information content (AvgIpc) is 3.02. The number of rotatable bonds is 5. The van der Waals surface area contributed by atoms with Gasteiger partial charge in [-0.15, -0.1) is 24.0 Å². The summed E-state index contributed by atoms with van der Waals surface area (Å²) < 4.78 is 0. The fraction of sp³-hybridized carbons (Fsp3) is 0.529. The Balaban J connectivity index is 0.00000288. The zero-order valence-electron chi connectivity index (χ0n) is 14.3. The molecule has 0 bridgehead atoms. The second-order valence-corrected chi connectivity index (χ2v) is 5.68. The van der Waals surface area contributed by atoms with Gasteiger partial charge in [-0.05, 0) is 31.0 Å². The summed E-state index contributed by atoms with van der Waals surface area (Å²) in [6, 6.07) is 7.29. The Morgan fingerprint density at radius 3 is 2.67 bits per heavy atom. The van der Waals surface area contributed by atoms with Gasteiger partial charge >= 0.3 is 0 Å². The molecule has 7 heteroatoms. The Kier molecular flexibility index (Phi) is 8.88. The van der Waals surface area contributed by atoms with E-state index in [-0.39, 0.29) is 41.7 Å². The number of carbonyl (C=O) groups is 1. The largest absolute Gasteiger partial charge is 0.508 e. The molecule has 1 fully saturated rings. The first-order chi connectivity index (χ1) is 11.1. The number of nitrogens with one attached hydrogen (secondary N) is 2. The summed E-state index contributed by atoms with van der Waals surface area (Å²) >= 11 is 0. The summed E-state index contributed by atoms with van der Waals surface area (Å²) in [5.41, 5.74) is 1.04. The first kappa shape index (κ1) is 20.5. The molecule has 134 valence electrons. The van der Waals surface area contributed by atoms with Crippen molar-refractivity contribution in [3.63, 3.8) is 0 Å². The number of nitrogens with zero attached hydrogens (tertiary/aromatic N) is 2. The molecule has 1 aromatic rings. The summed E-state index contributed by atoms with van der Waals surface area (Å²) in [7, 11) is 0. The molecule has 24 heavy (non-hydrogen) atoms. The maximum absolute atomic E-state index is 11.7. The number of amides is 1. The van der Waals surface area contributed by atoms with Crippen molar-refractivity contribution in [2.24, 2.45) is 4.99 Å². The second-order valence-electron chi connectivity index (χ2n) is 5.68. The number of hydrogen-bond donors (Lipinski definition) is 3. The molecule has 1 atom stereocenters. The van der Waals surface area contributed by atoms with Crippen LogP contribution >= 0.6 is 24.0 Å². The molecule has 6 nitrogen and oxygen atoms in total. The first-order valence-corrected chi connectivity index (χ1v) is 8.23. The van der Waals surface area contributed by atoms with E-state index in [4.69, 9.17) is 0 Å². The van der Waals surface area contributed by atoms with Gasteiger partial charge in [0, 0.05) is 32.1 Å². The number of phenolic OH excluding ortho intramolecular Hbond substituents is 1. The summed E-state index contributed by atoms with van der Waals surface area (Å²) in [5, 5.41) is 15.9. The highest BCUT2D eigenvalue weighted by atomic mass is 127. The van der Waals surface area contributed by atoms with Gasteiger partial charge < -0.3 is 20.6 Å². The number of aliphatic imine (C=N–C) groups is 1. The molecule has 2 rings (SSSR count). The Morgan fingerprint density at radius 2 is 2.04 bits per heavy atom. The zero-order valence-corrected chi connectivity index (χ0v) is 16.6. The van der Waals surface area contributed by atoms with Crippen LogP contribution in [0.5, 0.6) is 5.75 Å². The standard InChI is InChI=1S/C17H26N4O2.HI/c1-3-16(23)21-10-9-14(12-21)20-17(18-4-2)19-11-13-5-7-15(22)8-6-13;/h5-8,14,22H,3-4,9-12H2,1-2H3,(H2,18,19,20);1H. The van der Waals surface area contributed by atoms with Crippen molar-refractivity contribution >= 4 is 35.8 Å². The van der Waals surface area contributed by atoms with Gasteiger partial charge in [0.25, 0.3) is 0 Å². The molecule has 1 aliphatic heterocycles. The van der Waals surface area contributed by atoms with Crippen LogP contribution in [0.2, 0.25) is 0 Å². The number of likely N-dealkylation sites (tertiary alicyclic amines) is 1. The molecule has 3 N–H and O–H groups in total. The van der Waals surface area contributed by atoms with Crippen molar-refractivity contribution < 1.29 is 9.90 Å². The summed E-state index contributed by atoms with van der Waals surface area (Å²) in [5.74, 6) is 1.23. The number of carbonyl (C=O) groups excluding carboxylic acids is 1. The highest BCUT2D eigenvalue weighted by Crippen LogP contribution is 2.12. The van der Waals surface area contributed by atoms with E-state index in [9.17, 15) is 9.90 Å². The van der Waals surface area contributed by atoms with Crippen molar-refractivity contribution in [1.29, 1.82) is 0 Å². The fourth-order valence-electron chi connectivity index (χ4n) is 2.61. The molecule has 1 heterocycles. The van der Waals surface area contributed by atoms with Crippen LogP contribution in [0.4, 0.5) is 0 Å². The van der Waals surface area contributed by atoms with E-state index < -0.39 is 0 Å². The van der Waals surface area contributed by atoms with E-state index in [1.807, 2.05) is 30.9 Å². The Morgan fingerprint density at radius 1 is 1.33 bits per heavy atom. The minimum atomic E-state index is 0. The van der Waals surface area contributed by atoms with Crippen LogP contribution in [0, 0.1) is 0 Å². The highest BCUT2D eigenvalue weighted by molar-refractivity contribution is 14.0. The molecule has 0 spiro atoms. The van der Waals surface area contributed by atoms with E-state index >= 15 is 0 Å². The minimum absolute atomic E-state index is 0. The monoisotopic (exact) mass is 446 g/mol. The second kappa shape index (κ2) is 10.4. The van der Waals surface area contributed by atoms with Crippen LogP contribution < -0.4 is 10.6 Å². The van der Waals surface area contributed by atoms with Crippen molar-refractivity contribution in [3.8, 4) is 5.75 Å². The summed E-state index contributed by atoms with van der Waals surface area (Å²) in [4.78, 5) is 18.2. The lowest BCUT2D eigenvalue weighted by Gasteiger charge is -2.18. The molecule has 1 saturated heterocycles. The van der Waals surface area contributed by atoms with Gasteiger partial charge in [-0.2, -0.15) is 0 Å². The number of phenols is 1. The molecule has 1 aromatic carbocycles. The first-order valence-electron chi connectivity index (χ1n) is 8.23. The topological polar surface area (TPSA) is 77.0 Å². The van der Waals surface area contributed by atoms with Gasteiger partial charge in [-0.3, -0.25) is 4.79 Å². The van der Waals surface area contributed by atoms with E-state index in [1.165, 1.54) is 0 Å². The molecule has 1 amide bonds. The lowest BCUT2D eigenvalue weighted by atomic mass is 10.2. The smallest absolute Gasteiger partial charge is 0.222 e. The minimum Gasteiger partial charge on any atom is -0.508 e. The number of guanidine groups is 1. The van der Waals surface area contributed by atoms with Crippen molar-refractivity contribution in [2.45, 2.75) is 39.3 Å². The van der Waals surface area contributed by atoms with Crippen LogP contribution in [-0.2, 0) is 11.3 Å². The predicted octanol–water partition coefficient (Wildman–Crippen LogP) is 2.08. The molecule has 0 aliphatic carbocycles. The maximum Gasteiger partial charge on any atom is 0.222 e. The van der Waals surface area contributed by atoms with Crippen LogP contribution in [0.25, 0.3) is 0 Å². The molecule has 1 aliphatic rings. The molecule has 0 radical (unpaired) electrons. The molecule has 0 aromatic heterocycles. The Bertz CT molecular complexity index is 548. The quantitative estimate of drug-likeness (QED) is 0.368. The Hall–Kier alpha value is -1.51. The van der Waals surface area contributed by atoms with Crippen molar-refractivity contribution in [2.75, 3.05) is 19.6 Å². The lowest BCUT2D eigenvalue weighted by molar-refractivity contribution is -0.129. The van der Waals surface area contributed by atoms with E-state index in [0.29, 0.717) is 13.0 Å². The lowest BCUT2D eigenvalue weighted by Crippen LogP contribution is -2.45. The number of hydrogen-bond acceptors (Lipinski definition) is 3. The third-order valence-corrected chi connectivity index (χ3v) is 3.88. The third-order valence-electron chi connectivity index (χ3n) is 3.88. The van der Waals surface area contributed by atoms with Gasteiger partial charge in [0.2, 0.25) is 5.91 Å².